The van der Waals surface area contributed by atoms with E-state index >= 15 is 4.39 Å². The standard InChI is InChI=1S/C33H48FN3O4/c1-40-27-7-8-30-28(21-27)32(26(23-35-30)24-37-17-19-41-20-18-37)29(34)9-11-33(22-31(38)39)12-15-36(16-13-33)14-10-25-5-3-2-4-6-25/h7-8,21,23,25,29H,2-6,9-20,22,24H2,1H3,(H,38,39)/t29-/m1/s1. The zero-order valence-corrected chi connectivity index (χ0v) is 24.8. The van der Waals surface area contributed by atoms with Crippen molar-refractivity contribution in [3.63, 3.8) is 0 Å². The molecule has 0 unspecified atom stereocenters. The summed E-state index contributed by atoms with van der Waals surface area (Å²) in [5, 5.41) is 10.6. The summed E-state index contributed by atoms with van der Waals surface area (Å²) in [5.41, 5.74) is 1.96. The van der Waals surface area contributed by atoms with Crippen LogP contribution in [0, 0.1) is 11.3 Å². The molecule has 8 heteroatoms. The Kier molecular flexibility index (Phi) is 10.5. The quantitative estimate of drug-likeness (QED) is 0.317. The summed E-state index contributed by atoms with van der Waals surface area (Å²) in [6, 6.07) is 5.64. The summed E-state index contributed by atoms with van der Waals surface area (Å²) in [6.07, 6.45) is 11.3. The second-order valence-corrected chi connectivity index (χ2v) is 12.7. The lowest BCUT2D eigenvalue weighted by molar-refractivity contribution is -0.141. The van der Waals surface area contributed by atoms with Crippen LogP contribution in [0.1, 0.15) is 87.9 Å². The number of piperidine rings is 1. The molecular formula is C33H48FN3O4. The van der Waals surface area contributed by atoms with Gasteiger partial charge in [0.25, 0.3) is 0 Å². The van der Waals surface area contributed by atoms with E-state index in [1.165, 1.54) is 38.5 Å². The number of hydrogen-bond acceptors (Lipinski definition) is 6. The lowest BCUT2D eigenvalue weighted by atomic mass is 9.71. The summed E-state index contributed by atoms with van der Waals surface area (Å²) in [6.45, 7) is 6.53. The molecule has 3 fully saturated rings. The molecule has 41 heavy (non-hydrogen) atoms. The van der Waals surface area contributed by atoms with E-state index in [4.69, 9.17) is 9.47 Å². The summed E-state index contributed by atoms with van der Waals surface area (Å²) < 4.78 is 27.5. The molecule has 0 radical (unpaired) electrons. The number of pyridine rings is 1. The number of rotatable bonds is 12. The van der Waals surface area contributed by atoms with E-state index in [0.717, 1.165) is 67.9 Å². The fourth-order valence-electron chi connectivity index (χ4n) is 7.36. The molecule has 1 aliphatic carbocycles. The number of hydrogen-bond donors (Lipinski definition) is 1. The average Bonchev–Trinajstić information content (AvgIpc) is 3.00. The third-order valence-electron chi connectivity index (χ3n) is 9.96. The van der Waals surface area contributed by atoms with Gasteiger partial charge in [0.1, 0.15) is 11.9 Å². The zero-order valence-electron chi connectivity index (χ0n) is 24.8. The molecule has 226 valence electrons. The second kappa shape index (κ2) is 14.3. The maximum Gasteiger partial charge on any atom is 0.303 e. The second-order valence-electron chi connectivity index (χ2n) is 12.7. The van der Waals surface area contributed by atoms with Crippen molar-refractivity contribution >= 4 is 16.9 Å². The van der Waals surface area contributed by atoms with Crippen molar-refractivity contribution in [2.45, 2.75) is 83.3 Å². The van der Waals surface area contributed by atoms with E-state index in [1.54, 1.807) is 7.11 Å². The third kappa shape index (κ3) is 7.96. The Balaban J connectivity index is 1.29. The van der Waals surface area contributed by atoms with Gasteiger partial charge in [-0.1, -0.05) is 32.1 Å². The van der Waals surface area contributed by atoms with E-state index in [2.05, 4.69) is 14.8 Å². The lowest BCUT2D eigenvalue weighted by Crippen LogP contribution is -2.42. The lowest BCUT2D eigenvalue weighted by Gasteiger charge is -2.42. The first-order chi connectivity index (χ1) is 19.9. The molecule has 2 aromatic rings. The van der Waals surface area contributed by atoms with Crippen LogP contribution < -0.4 is 4.74 Å². The molecule has 1 N–H and O–H groups in total. The molecule has 1 aromatic carbocycles. The van der Waals surface area contributed by atoms with Crippen molar-refractivity contribution in [2.24, 2.45) is 11.3 Å². The van der Waals surface area contributed by atoms with Crippen molar-refractivity contribution in [1.82, 2.24) is 14.8 Å². The number of likely N-dealkylation sites (tertiary alicyclic amines) is 1. The first kappa shape index (κ1) is 30.2. The minimum absolute atomic E-state index is 0.113. The monoisotopic (exact) mass is 569 g/mol. The largest absolute Gasteiger partial charge is 0.497 e. The summed E-state index contributed by atoms with van der Waals surface area (Å²) in [5.74, 6) is 0.754. The Morgan fingerprint density at radius 2 is 1.90 bits per heavy atom. The number of ether oxygens (including phenoxy) is 2. The van der Waals surface area contributed by atoms with Crippen LogP contribution >= 0.6 is 0 Å². The molecule has 0 bridgehead atoms. The minimum Gasteiger partial charge on any atom is -0.497 e. The number of aliphatic carboxylic acids is 1. The van der Waals surface area contributed by atoms with Gasteiger partial charge in [0.05, 0.1) is 32.3 Å². The van der Waals surface area contributed by atoms with Crippen molar-refractivity contribution in [2.75, 3.05) is 53.0 Å². The molecular weight excluding hydrogens is 521 g/mol. The molecule has 7 nitrogen and oxygen atoms in total. The first-order valence-electron chi connectivity index (χ1n) is 15.8. The van der Waals surface area contributed by atoms with Crippen LogP contribution in [0.5, 0.6) is 5.75 Å². The topological polar surface area (TPSA) is 75.1 Å². The number of alkyl halides is 1. The summed E-state index contributed by atoms with van der Waals surface area (Å²) >= 11 is 0. The molecule has 2 aliphatic heterocycles. The molecule has 1 aromatic heterocycles. The van der Waals surface area contributed by atoms with Gasteiger partial charge in [0, 0.05) is 36.8 Å². The predicted molar refractivity (Wildman–Crippen MR) is 159 cm³/mol. The van der Waals surface area contributed by atoms with Crippen LogP contribution in [0.15, 0.2) is 24.4 Å². The number of morpholine rings is 1. The fraction of sp³-hybridized carbons (Fsp3) is 0.697. The molecule has 0 spiro atoms. The Bertz CT molecular complexity index is 1140. The number of nitrogens with zero attached hydrogens (tertiary/aromatic N) is 3. The van der Waals surface area contributed by atoms with Gasteiger partial charge < -0.3 is 19.5 Å². The molecule has 1 saturated carbocycles. The smallest absolute Gasteiger partial charge is 0.303 e. The van der Waals surface area contributed by atoms with E-state index in [-0.39, 0.29) is 11.8 Å². The number of aromatic nitrogens is 1. The first-order valence-corrected chi connectivity index (χ1v) is 15.8. The van der Waals surface area contributed by atoms with Crippen LogP contribution in [0.25, 0.3) is 10.9 Å². The van der Waals surface area contributed by atoms with E-state index < -0.39 is 12.1 Å². The highest BCUT2D eigenvalue weighted by atomic mass is 19.1. The van der Waals surface area contributed by atoms with Crippen LogP contribution in [0.2, 0.25) is 0 Å². The Labute approximate surface area is 244 Å². The Morgan fingerprint density at radius 1 is 1.15 bits per heavy atom. The number of methoxy groups -OCH3 is 1. The molecule has 0 amide bonds. The number of benzene rings is 1. The Hall–Kier alpha value is -2.29. The number of halogens is 1. The van der Waals surface area contributed by atoms with Gasteiger partial charge in [0.15, 0.2) is 0 Å². The van der Waals surface area contributed by atoms with E-state index in [1.807, 2.05) is 24.4 Å². The van der Waals surface area contributed by atoms with Crippen LogP contribution in [0.3, 0.4) is 0 Å². The van der Waals surface area contributed by atoms with Crippen LogP contribution in [-0.4, -0.2) is 78.9 Å². The van der Waals surface area contributed by atoms with Gasteiger partial charge in [-0.25, -0.2) is 4.39 Å². The zero-order chi connectivity index (χ0) is 28.7. The highest BCUT2D eigenvalue weighted by Crippen LogP contribution is 2.44. The highest BCUT2D eigenvalue weighted by Gasteiger charge is 2.37. The van der Waals surface area contributed by atoms with Crippen LogP contribution in [-0.2, 0) is 16.1 Å². The van der Waals surface area contributed by atoms with Crippen molar-refractivity contribution in [3.8, 4) is 5.75 Å². The third-order valence-corrected chi connectivity index (χ3v) is 9.96. The van der Waals surface area contributed by atoms with Gasteiger partial charge in [-0.05, 0) is 86.8 Å². The van der Waals surface area contributed by atoms with E-state index in [0.29, 0.717) is 43.9 Å². The Morgan fingerprint density at radius 3 is 2.61 bits per heavy atom. The number of carbonyl (C=O) groups is 1. The van der Waals surface area contributed by atoms with Crippen molar-refractivity contribution in [1.29, 1.82) is 0 Å². The summed E-state index contributed by atoms with van der Waals surface area (Å²) in [4.78, 5) is 21.4. The molecule has 5 rings (SSSR count). The average molecular weight is 570 g/mol. The minimum atomic E-state index is -1.21. The predicted octanol–water partition coefficient (Wildman–Crippen LogP) is 6.39. The van der Waals surface area contributed by atoms with Gasteiger partial charge >= 0.3 is 5.97 Å². The molecule has 1 atom stereocenters. The number of fused-ring (bicyclic) bond motifs is 1. The maximum atomic E-state index is 16.5. The summed E-state index contributed by atoms with van der Waals surface area (Å²) in [7, 11) is 1.62. The van der Waals surface area contributed by atoms with Gasteiger partial charge in [-0.15, -0.1) is 0 Å². The molecule has 3 heterocycles. The fourth-order valence-corrected chi connectivity index (χ4v) is 7.36. The van der Waals surface area contributed by atoms with Gasteiger partial charge in [-0.3, -0.25) is 14.7 Å². The van der Waals surface area contributed by atoms with Crippen molar-refractivity contribution < 1.29 is 23.8 Å². The van der Waals surface area contributed by atoms with Gasteiger partial charge in [0.2, 0.25) is 0 Å². The SMILES string of the molecule is COc1ccc2ncc(CN3CCOCC3)c([C@H](F)CCC3(CC(=O)O)CCN(CCC4CCCCC4)CC3)c2c1. The van der Waals surface area contributed by atoms with Crippen LogP contribution in [0.4, 0.5) is 4.39 Å². The normalized spacial score (nSPS) is 21.6. The van der Waals surface area contributed by atoms with Gasteiger partial charge in [-0.2, -0.15) is 0 Å². The number of carboxylic acids is 1. The van der Waals surface area contributed by atoms with Crippen molar-refractivity contribution in [3.05, 3.63) is 35.5 Å². The van der Waals surface area contributed by atoms with E-state index in [9.17, 15) is 9.90 Å². The maximum absolute atomic E-state index is 16.5. The molecule has 3 aliphatic rings. The molecule has 2 saturated heterocycles. The highest BCUT2D eigenvalue weighted by molar-refractivity contribution is 5.85. The number of carboxylic acid groups (broad SMARTS) is 1.